The van der Waals surface area contributed by atoms with Crippen LogP contribution in [0.4, 0.5) is 4.79 Å². The number of hydrogen-bond acceptors (Lipinski definition) is 5. The zero-order chi connectivity index (χ0) is 20.2. The molecule has 3 unspecified atom stereocenters. The van der Waals surface area contributed by atoms with Gasteiger partial charge in [0.2, 0.25) is 0 Å². The number of ether oxygens (including phenoxy) is 2. The maximum Gasteiger partial charge on any atom is 0.410 e. The van der Waals surface area contributed by atoms with E-state index in [4.69, 9.17) is 9.47 Å². The summed E-state index contributed by atoms with van der Waals surface area (Å²) in [6.07, 6.45) is 8.18. The molecule has 0 bridgehead atoms. The van der Waals surface area contributed by atoms with Gasteiger partial charge in [-0.25, -0.2) is 4.79 Å². The monoisotopic (exact) mass is 428 g/mol. The number of allylic oxidation sites excluding steroid dienone is 1. The number of nitrogens with zero attached hydrogens (tertiary/aromatic N) is 1. The molecule has 1 aromatic heterocycles. The highest BCUT2D eigenvalue weighted by Crippen LogP contribution is 2.55. The zero-order valence-electron chi connectivity index (χ0n) is 17.0. The van der Waals surface area contributed by atoms with Gasteiger partial charge in [-0.2, -0.15) is 0 Å². The van der Waals surface area contributed by atoms with Crippen LogP contribution in [0.5, 0.6) is 0 Å². The average Bonchev–Trinajstić information content (AvgIpc) is 3.55. The normalized spacial score (nSPS) is 33.5. The Balaban J connectivity index is 0.932. The highest BCUT2D eigenvalue weighted by Gasteiger charge is 2.56. The fraction of sp³-hybridized carbons (Fsp3) is 0.652. The lowest BCUT2D eigenvalue weighted by Crippen LogP contribution is -2.36. The molecular weight excluding hydrogens is 400 g/mol. The van der Waals surface area contributed by atoms with E-state index in [2.05, 4.69) is 17.5 Å². The van der Waals surface area contributed by atoms with E-state index in [0.717, 1.165) is 43.1 Å². The number of likely N-dealkylation sites (tertiary alicyclic amines) is 1. The average molecular weight is 429 g/mol. The first kappa shape index (κ1) is 18.9. The molecule has 0 aromatic carbocycles. The van der Waals surface area contributed by atoms with Crippen molar-refractivity contribution in [3.8, 4) is 0 Å². The Labute approximate surface area is 180 Å². The molecule has 0 radical (unpaired) electrons. The maximum absolute atomic E-state index is 12.6. The molecule has 5 aliphatic rings. The lowest BCUT2D eigenvalue weighted by Gasteiger charge is -2.26. The number of nitrogens with one attached hydrogen (secondary N) is 1. The second-order valence-corrected chi connectivity index (χ2v) is 10.5. The van der Waals surface area contributed by atoms with Crippen LogP contribution < -0.4 is 5.32 Å². The Morgan fingerprint density at radius 2 is 2.03 bits per heavy atom. The van der Waals surface area contributed by atoms with E-state index in [1.807, 2.05) is 11.0 Å². The number of fused-ring (bicyclic) bond motifs is 4. The van der Waals surface area contributed by atoms with Crippen LogP contribution in [0.2, 0.25) is 0 Å². The lowest BCUT2D eigenvalue weighted by molar-refractivity contribution is -0.00949. The first-order chi connectivity index (χ1) is 14.7. The molecule has 2 amide bonds. The Morgan fingerprint density at radius 1 is 1.23 bits per heavy atom. The van der Waals surface area contributed by atoms with Crippen molar-refractivity contribution in [2.24, 2.45) is 23.7 Å². The zero-order valence-corrected chi connectivity index (χ0v) is 17.9. The number of hydrogen-bond donors (Lipinski definition) is 1. The molecule has 160 valence electrons. The number of thiophene rings is 1. The Kier molecular flexibility index (Phi) is 4.64. The molecule has 4 fully saturated rings. The molecular formula is C23H28N2O4S. The fourth-order valence-electron chi connectivity index (χ4n) is 5.58. The van der Waals surface area contributed by atoms with E-state index in [1.165, 1.54) is 16.9 Å². The maximum atomic E-state index is 12.6. The molecule has 3 aliphatic carbocycles. The molecule has 2 saturated heterocycles. The molecule has 5 atom stereocenters. The van der Waals surface area contributed by atoms with Gasteiger partial charge in [-0.1, -0.05) is 12.2 Å². The summed E-state index contributed by atoms with van der Waals surface area (Å²) in [5, 5.41) is 3.12. The number of carbonyl (C=O) groups excluding carboxylic acids is 2. The van der Waals surface area contributed by atoms with Crippen molar-refractivity contribution < 1.29 is 19.1 Å². The Morgan fingerprint density at radius 3 is 2.83 bits per heavy atom. The van der Waals surface area contributed by atoms with E-state index in [9.17, 15) is 9.59 Å². The molecule has 7 heteroatoms. The highest BCUT2D eigenvalue weighted by molar-refractivity contribution is 7.14. The van der Waals surface area contributed by atoms with Crippen molar-refractivity contribution >= 4 is 29.4 Å². The number of rotatable bonds is 5. The number of amides is 2. The molecule has 2 saturated carbocycles. The molecule has 6 nitrogen and oxygen atoms in total. The Bertz CT molecular complexity index is 878. The van der Waals surface area contributed by atoms with Crippen LogP contribution in [0.3, 0.4) is 0 Å². The molecule has 3 heterocycles. The van der Waals surface area contributed by atoms with Gasteiger partial charge in [0.1, 0.15) is 6.10 Å². The predicted molar refractivity (Wildman–Crippen MR) is 114 cm³/mol. The van der Waals surface area contributed by atoms with Crippen LogP contribution in [0.15, 0.2) is 12.1 Å². The SMILES string of the molecule is O=C(NCCC1[C@H]2CN(C(=O)OC3CCOCC3)C[C@@H]12)c1cc2c(s1)C1CC1C=C2. The van der Waals surface area contributed by atoms with E-state index in [-0.39, 0.29) is 18.1 Å². The van der Waals surface area contributed by atoms with E-state index >= 15 is 0 Å². The van der Waals surface area contributed by atoms with Gasteiger partial charge in [-0.15, -0.1) is 11.3 Å². The largest absolute Gasteiger partial charge is 0.446 e. The van der Waals surface area contributed by atoms with E-state index in [0.29, 0.717) is 43.4 Å². The van der Waals surface area contributed by atoms with Gasteiger partial charge < -0.3 is 19.7 Å². The van der Waals surface area contributed by atoms with Crippen LogP contribution in [0.25, 0.3) is 6.08 Å². The predicted octanol–water partition coefficient (Wildman–Crippen LogP) is 3.49. The summed E-state index contributed by atoms with van der Waals surface area (Å²) in [6, 6.07) is 2.05. The van der Waals surface area contributed by atoms with Crippen LogP contribution in [0, 0.1) is 23.7 Å². The standard InChI is InChI=1S/C23H28N2O4S/c26-22(20-10-14-2-1-13-9-17(13)21(14)30-20)24-6-3-16-18-11-25(12-19(16)18)23(27)29-15-4-7-28-8-5-15/h1-2,10,13,15-19H,3-9,11-12H2,(H,24,26)/t13?,16?,17?,18-,19+. The topological polar surface area (TPSA) is 67.9 Å². The minimum Gasteiger partial charge on any atom is -0.446 e. The molecule has 2 aliphatic heterocycles. The highest BCUT2D eigenvalue weighted by atomic mass is 32.1. The third kappa shape index (κ3) is 3.46. The van der Waals surface area contributed by atoms with Gasteiger partial charge in [-0.05, 0) is 48.1 Å². The van der Waals surface area contributed by atoms with Crippen molar-refractivity contribution in [1.82, 2.24) is 10.2 Å². The van der Waals surface area contributed by atoms with Gasteiger partial charge in [0.15, 0.2) is 0 Å². The molecule has 30 heavy (non-hydrogen) atoms. The third-order valence-corrected chi connectivity index (χ3v) is 8.82. The summed E-state index contributed by atoms with van der Waals surface area (Å²) < 4.78 is 11.0. The molecule has 6 rings (SSSR count). The number of carbonyl (C=O) groups is 2. The first-order valence-electron chi connectivity index (χ1n) is 11.3. The van der Waals surface area contributed by atoms with E-state index in [1.54, 1.807) is 11.3 Å². The fourth-order valence-corrected chi connectivity index (χ4v) is 6.84. The van der Waals surface area contributed by atoms with Gasteiger partial charge >= 0.3 is 6.09 Å². The summed E-state index contributed by atoms with van der Waals surface area (Å²) in [4.78, 5) is 29.0. The van der Waals surface area contributed by atoms with Gasteiger partial charge in [-0.3, -0.25) is 4.79 Å². The van der Waals surface area contributed by atoms with Crippen molar-refractivity contribution in [2.75, 3.05) is 32.8 Å². The summed E-state index contributed by atoms with van der Waals surface area (Å²) in [6.45, 7) is 3.69. The smallest absolute Gasteiger partial charge is 0.410 e. The second kappa shape index (κ2) is 7.38. The lowest BCUT2D eigenvalue weighted by atomic mass is 10.1. The van der Waals surface area contributed by atoms with E-state index < -0.39 is 0 Å². The van der Waals surface area contributed by atoms with Crippen molar-refractivity contribution in [1.29, 1.82) is 0 Å². The minimum atomic E-state index is -0.158. The van der Waals surface area contributed by atoms with Crippen LogP contribution in [0.1, 0.15) is 51.7 Å². The number of piperidine rings is 1. The van der Waals surface area contributed by atoms with Gasteiger partial charge in [0, 0.05) is 43.3 Å². The van der Waals surface area contributed by atoms with Gasteiger partial charge in [0.05, 0.1) is 18.1 Å². The first-order valence-corrected chi connectivity index (χ1v) is 12.1. The molecule has 0 spiro atoms. The van der Waals surface area contributed by atoms with Crippen molar-refractivity contribution in [2.45, 2.75) is 37.7 Å². The quantitative estimate of drug-likeness (QED) is 0.780. The van der Waals surface area contributed by atoms with Crippen LogP contribution in [-0.2, 0) is 9.47 Å². The minimum absolute atomic E-state index is 0.0124. The van der Waals surface area contributed by atoms with Crippen molar-refractivity contribution in [3.05, 3.63) is 27.5 Å². The molecule has 1 N–H and O–H groups in total. The summed E-state index contributed by atoms with van der Waals surface area (Å²) >= 11 is 1.67. The van der Waals surface area contributed by atoms with Crippen LogP contribution in [-0.4, -0.2) is 55.9 Å². The van der Waals surface area contributed by atoms with Crippen molar-refractivity contribution in [3.63, 3.8) is 0 Å². The summed E-state index contributed by atoms with van der Waals surface area (Å²) in [7, 11) is 0. The van der Waals surface area contributed by atoms with Gasteiger partial charge in [0.25, 0.3) is 5.91 Å². The third-order valence-electron chi connectivity index (χ3n) is 7.54. The second-order valence-electron chi connectivity index (χ2n) is 9.43. The van der Waals surface area contributed by atoms with Crippen LogP contribution >= 0.6 is 11.3 Å². The summed E-state index contributed by atoms with van der Waals surface area (Å²) in [5.41, 5.74) is 1.24. The molecule has 1 aromatic rings. The Hall–Kier alpha value is -1.86. The summed E-state index contributed by atoms with van der Waals surface area (Å²) in [5.74, 6) is 3.24.